The molecular weight excluding hydrogens is 230 g/mol. The molecule has 2 fully saturated rings. The van der Waals surface area contributed by atoms with Gasteiger partial charge in [0.2, 0.25) is 5.91 Å². The first-order valence-electron chi connectivity index (χ1n) is 7.14. The van der Waals surface area contributed by atoms with E-state index in [1.54, 1.807) is 0 Å². The minimum atomic E-state index is -0.717. The van der Waals surface area contributed by atoms with E-state index in [1.807, 2.05) is 4.90 Å². The zero-order chi connectivity index (χ0) is 13.0. The topological polar surface area (TPSA) is 57.6 Å². The number of piperidine rings is 1. The Balaban J connectivity index is 1.71. The first-order valence-corrected chi connectivity index (χ1v) is 7.14. The number of hydrogen-bond donors (Lipinski definition) is 1. The second-order valence-corrected chi connectivity index (χ2v) is 5.78. The summed E-state index contributed by atoms with van der Waals surface area (Å²) >= 11 is 0. The van der Waals surface area contributed by atoms with Gasteiger partial charge in [-0.3, -0.25) is 9.59 Å². The van der Waals surface area contributed by atoms with E-state index in [0.29, 0.717) is 12.3 Å². The van der Waals surface area contributed by atoms with Gasteiger partial charge in [-0.1, -0.05) is 12.8 Å². The summed E-state index contributed by atoms with van der Waals surface area (Å²) in [4.78, 5) is 24.7. The number of likely N-dealkylation sites (tertiary alicyclic amines) is 1. The van der Waals surface area contributed by atoms with Gasteiger partial charge in [0, 0.05) is 25.9 Å². The largest absolute Gasteiger partial charge is 0.481 e. The molecular formula is C14H23NO3. The van der Waals surface area contributed by atoms with Gasteiger partial charge in [-0.25, -0.2) is 0 Å². The zero-order valence-corrected chi connectivity index (χ0v) is 10.9. The molecule has 2 aliphatic rings. The maximum absolute atomic E-state index is 12.1. The molecule has 0 unspecified atom stereocenters. The van der Waals surface area contributed by atoms with Crippen molar-refractivity contribution in [1.29, 1.82) is 0 Å². The third kappa shape index (κ3) is 3.72. The van der Waals surface area contributed by atoms with Crippen molar-refractivity contribution in [2.75, 3.05) is 13.1 Å². The van der Waals surface area contributed by atoms with Crippen molar-refractivity contribution in [1.82, 2.24) is 4.90 Å². The average Bonchev–Trinajstić information content (AvgIpc) is 2.82. The molecule has 1 saturated carbocycles. The van der Waals surface area contributed by atoms with Crippen molar-refractivity contribution in [3.8, 4) is 0 Å². The van der Waals surface area contributed by atoms with Gasteiger partial charge in [-0.15, -0.1) is 0 Å². The lowest BCUT2D eigenvalue weighted by atomic mass is 9.93. The number of carbonyl (C=O) groups is 2. The van der Waals surface area contributed by atoms with Crippen LogP contribution in [0.3, 0.4) is 0 Å². The molecule has 0 aromatic heterocycles. The smallest absolute Gasteiger partial charge is 0.303 e. The predicted molar refractivity (Wildman–Crippen MR) is 68.1 cm³/mol. The van der Waals surface area contributed by atoms with Crippen LogP contribution in [0.25, 0.3) is 0 Å². The van der Waals surface area contributed by atoms with Gasteiger partial charge in [0.05, 0.1) is 0 Å². The third-order valence-corrected chi connectivity index (χ3v) is 4.37. The lowest BCUT2D eigenvalue weighted by Crippen LogP contribution is -2.39. The van der Waals surface area contributed by atoms with Gasteiger partial charge in [0.15, 0.2) is 0 Å². The van der Waals surface area contributed by atoms with E-state index in [1.165, 1.54) is 25.7 Å². The molecule has 1 heterocycles. The summed E-state index contributed by atoms with van der Waals surface area (Å²) < 4.78 is 0. The van der Waals surface area contributed by atoms with E-state index < -0.39 is 5.97 Å². The van der Waals surface area contributed by atoms with Crippen molar-refractivity contribution in [2.45, 2.75) is 51.4 Å². The Hall–Kier alpha value is -1.06. The van der Waals surface area contributed by atoms with Crippen LogP contribution >= 0.6 is 0 Å². The summed E-state index contributed by atoms with van der Waals surface area (Å²) in [5.74, 6) is 0.439. The Kier molecular flexibility index (Phi) is 4.61. The zero-order valence-electron chi connectivity index (χ0n) is 10.9. The van der Waals surface area contributed by atoms with Crippen LogP contribution in [0.4, 0.5) is 0 Å². The molecule has 4 heteroatoms. The average molecular weight is 253 g/mol. The Morgan fingerprint density at radius 3 is 2.06 bits per heavy atom. The van der Waals surface area contributed by atoms with E-state index >= 15 is 0 Å². The fraction of sp³-hybridized carbons (Fsp3) is 0.857. The molecule has 18 heavy (non-hydrogen) atoms. The maximum Gasteiger partial charge on any atom is 0.303 e. The number of hydrogen-bond acceptors (Lipinski definition) is 2. The second-order valence-electron chi connectivity index (χ2n) is 5.78. The van der Waals surface area contributed by atoms with Crippen molar-refractivity contribution in [2.24, 2.45) is 11.8 Å². The number of amides is 1. The van der Waals surface area contributed by atoms with Crippen LogP contribution in [0, 0.1) is 11.8 Å². The van der Waals surface area contributed by atoms with Crippen LogP contribution in [0.5, 0.6) is 0 Å². The molecule has 1 aliphatic carbocycles. The lowest BCUT2D eigenvalue weighted by Gasteiger charge is -2.32. The molecule has 0 bridgehead atoms. The molecule has 1 saturated heterocycles. The highest BCUT2D eigenvalue weighted by Crippen LogP contribution is 2.29. The molecule has 0 aromatic carbocycles. The fourth-order valence-electron chi connectivity index (χ4n) is 3.22. The number of carboxylic acid groups (broad SMARTS) is 1. The first kappa shape index (κ1) is 13.4. The van der Waals surface area contributed by atoms with Gasteiger partial charge in [-0.2, -0.15) is 0 Å². The Morgan fingerprint density at radius 2 is 1.50 bits per heavy atom. The lowest BCUT2D eigenvalue weighted by molar-refractivity contribution is -0.138. The minimum absolute atomic E-state index is 0.255. The minimum Gasteiger partial charge on any atom is -0.481 e. The van der Waals surface area contributed by atoms with Crippen LogP contribution < -0.4 is 0 Å². The summed E-state index contributed by atoms with van der Waals surface area (Å²) in [6.07, 6.45) is 7.64. The van der Waals surface area contributed by atoms with Gasteiger partial charge >= 0.3 is 5.97 Å². The molecule has 0 radical (unpaired) electrons. The normalized spacial score (nSPS) is 22.3. The third-order valence-electron chi connectivity index (χ3n) is 4.37. The molecule has 0 atom stereocenters. The van der Waals surface area contributed by atoms with E-state index in [4.69, 9.17) is 5.11 Å². The highest BCUT2D eigenvalue weighted by atomic mass is 16.4. The summed E-state index contributed by atoms with van der Waals surface area (Å²) in [6, 6.07) is 0. The van der Waals surface area contributed by atoms with Crippen LogP contribution in [0.1, 0.15) is 51.4 Å². The first-order chi connectivity index (χ1) is 8.65. The molecule has 4 nitrogen and oxygen atoms in total. The summed E-state index contributed by atoms with van der Waals surface area (Å²) in [5.41, 5.74) is 0. The van der Waals surface area contributed by atoms with E-state index in [2.05, 4.69) is 0 Å². The molecule has 0 spiro atoms. The number of carbonyl (C=O) groups excluding carboxylic acids is 1. The van der Waals surface area contributed by atoms with Gasteiger partial charge < -0.3 is 10.0 Å². The molecule has 1 N–H and O–H groups in total. The molecule has 0 aromatic rings. The number of nitrogens with zero attached hydrogens (tertiary/aromatic N) is 1. The Morgan fingerprint density at radius 1 is 0.944 bits per heavy atom. The van der Waals surface area contributed by atoms with Crippen LogP contribution in [0.15, 0.2) is 0 Å². The van der Waals surface area contributed by atoms with E-state index in [-0.39, 0.29) is 18.2 Å². The summed E-state index contributed by atoms with van der Waals surface area (Å²) in [5, 5.41) is 8.75. The highest BCUT2D eigenvalue weighted by molar-refractivity contribution is 5.76. The monoisotopic (exact) mass is 253 g/mol. The molecule has 2 rings (SSSR count). The standard InChI is InChI=1S/C14H23NO3/c16-13(9-11-3-1-2-4-11)15-7-5-12(6-8-15)10-14(17)18/h11-12H,1-10H2,(H,17,18). The summed E-state index contributed by atoms with van der Waals surface area (Å²) in [7, 11) is 0. The Labute approximate surface area is 108 Å². The van der Waals surface area contributed by atoms with Gasteiger partial charge in [-0.05, 0) is 37.5 Å². The SMILES string of the molecule is O=C(O)CC1CCN(C(=O)CC2CCCC2)CC1. The maximum atomic E-state index is 12.1. The number of aliphatic carboxylic acids is 1. The fourth-order valence-corrected chi connectivity index (χ4v) is 3.22. The number of carboxylic acids is 1. The molecule has 1 aliphatic heterocycles. The highest BCUT2D eigenvalue weighted by Gasteiger charge is 2.26. The van der Waals surface area contributed by atoms with Crippen LogP contribution in [0.2, 0.25) is 0 Å². The predicted octanol–water partition coefficient (Wildman–Crippen LogP) is 2.28. The van der Waals surface area contributed by atoms with Gasteiger partial charge in [0.1, 0.15) is 0 Å². The Bertz CT molecular complexity index is 302. The summed E-state index contributed by atoms with van der Waals surface area (Å²) in [6.45, 7) is 1.51. The van der Waals surface area contributed by atoms with Gasteiger partial charge in [0.25, 0.3) is 0 Å². The van der Waals surface area contributed by atoms with Crippen molar-refractivity contribution >= 4 is 11.9 Å². The van der Waals surface area contributed by atoms with E-state index in [9.17, 15) is 9.59 Å². The quantitative estimate of drug-likeness (QED) is 0.836. The molecule has 102 valence electrons. The number of rotatable bonds is 4. The van der Waals surface area contributed by atoms with E-state index in [0.717, 1.165) is 25.9 Å². The molecule has 1 amide bonds. The van der Waals surface area contributed by atoms with Crippen LogP contribution in [-0.4, -0.2) is 35.0 Å². The van der Waals surface area contributed by atoms with Crippen LogP contribution in [-0.2, 0) is 9.59 Å². The second kappa shape index (κ2) is 6.21. The van der Waals surface area contributed by atoms with Crippen molar-refractivity contribution in [3.63, 3.8) is 0 Å². The van der Waals surface area contributed by atoms with Crippen molar-refractivity contribution < 1.29 is 14.7 Å². The van der Waals surface area contributed by atoms with Crippen molar-refractivity contribution in [3.05, 3.63) is 0 Å².